The van der Waals surface area contributed by atoms with Gasteiger partial charge in [-0.05, 0) is 42.5 Å². The molecule has 8 nitrogen and oxygen atoms in total. The summed E-state index contributed by atoms with van der Waals surface area (Å²) in [7, 11) is -4.36. The highest BCUT2D eigenvalue weighted by Gasteiger charge is 2.27. The molecule has 0 unspecified atom stereocenters. The number of hydrogen-bond acceptors (Lipinski definition) is 4. The van der Waals surface area contributed by atoms with Crippen molar-refractivity contribution in [3.05, 3.63) is 65.7 Å². The molecule has 2 rings (SSSR count). The number of carbonyl (C=O) groups excluding carboxylic acids is 2. The maximum atomic E-state index is 12.8. The fourth-order valence-corrected chi connectivity index (χ4v) is 3.55. The first-order valence-electron chi connectivity index (χ1n) is 10.9. The van der Waals surface area contributed by atoms with E-state index in [2.05, 4.69) is 22.8 Å². The molecule has 0 saturated carbocycles. The monoisotopic (exact) mass is 475 g/mol. The van der Waals surface area contributed by atoms with E-state index in [1.807, 2.05) is 22.9 Å². The minimum absolute atomic E-state index is 0.194. The Labute approximate surface area is 196 Å². The van der Waals surface area contributed by atoms with Crippen LogP contribution in [0.2, 0.25) is 0 Å². The molecule has 0 aromatic heterocycles. The van der Waals surface area contributed by atoms with E-state index in [1.165, 1.54) is 17.7 Å². The largest absolute Gasteiger partial charge is 0.357 e. The van der Waals surface area contributed by atoms with Crippen LogP contribution in [-0.2, 0) is 32.7 Å². The van der Waals surface area contributed by atoms with Crippen LogP contribution in [0.5, 0.6) is 0 Å². The smallest absolute Gasteiger partial charge is 0.354 e. The molecule has 2 aromatic rings. The highest BCUT2D eigenvalue weighted by atomic mass is 32.2. The Kier molecular flexibility index (Phi) is 9.43. The molecule has 2 aromatic carbocycles. The predicted octanol–water partition coefficient (Wildman–Crippen LogP) is 3.11. The second-order valence-electron chi connectivity index (χ2n) is 8.99. The van der Waals surface area contributed by atoms with E-state index in [0.29, 0.717) is 6.54 Å². The van der Waals surface area contributed by atoms with E-state index in [9.17, 15) is 18.0 Å². The van der Waals surface area contributed by atoms with Gasteiger partial charge in [-0.2, -0.15) is 8.42 Å². The van der Waals surface area contributed by atoms with E-state index < -0.39 is 21.8 Å². The first-order chi connectivity index (χ1) is 15.4. The summed E-state index contributed by atoms with van der Waals surface area (Å²) >= 11 is 0. The Bertz CT molecular complexity index is 1020. The maximum absolute atomic E-state index is 12.8. The highest BCUT2D eigenvalue weighted by Crippen LogP contribution is 2.16. The molecule has 4 N–H and O–H groups in total. The Morgan fingerprint density at radius 3 is 2.15 bits per heavy atom. The van der Waals surface area contributed by atoms with Gasteiger partial charge in [-0.15, -0.1) is 0 Å². The van der Waals surface area contributed by atoms with Crippen LogP contribution < -0.4 is 15.4 Å². The van der Waals surface area contributed by atoms with Crippen molar-refractivity contribution in [1.82, 2.24) is 10.6 Å². The summed E-state index contributed by atoms with van der Waals surface area (Å²) in [6, 6.07) is 15.6. The summed E-state index contributed by atoms with van der Waals surface area (Å²) in [5.41, 5.74) is 1.53. The van der Waals surface area contributed by atoms with E-state index in [-0.39, 0.29) is 23.9 Å². The Morgan fingerprint density at radius 1 is 0.939 bits per heavy atom. The number of nitrogens with one attached hydrogen (secondary N) is 3. The van der Waals surface area contributed by atoms with Crippen LogP contribution in [0.15, 0.2) is 54.6 Å². The van der Waals surface area contributed by atoms with Gasteiger partial charge in [-0.25, -0.2) is 0 Å². The number of unbranched alkanes of at least 4 members (excludes halogenated alkanes) is 1. The Hall–Kier alpha value is -2.91. The van der Waals surface area contributed by atoms with Crippen molar-refractivity contribution in [3.63, 3.8) is 0 Å². The third kappa shape index (κ3) is 10.0. The summed E-state index contributed by atoms with van der Waals surface area (Å²) in [4.78, 5) is 25.4. The predicted molar refractivity (Wildman–Crippen MR) is 129 cm³/mol. The van der Waals surface area contributed by atoms with Crippen molar-refractivity contribution >= 4 is 27.8 Å². The van der Waals surface area contributed by atoms with Gasteiger partial charge < -0.3 is 10.6 Å². The van der Waals surface area contributed by atoms with E-state index >= 15 is 0 Å². The summed E-state index contributed by atoms with van der Waals surface area (Å²) < 4.78 is 32.7. The average Bonchev–Trinajstić information content (AvgIpc) is 2.73. The Morgan fingerprint density at radius 2 is 1.58 bits per heavy atom. The molecule has 0 aliphatic rings. The van der Waals surface area contributed by atoms with Gasteiger partial charge in [-0.3, -0.25) is 18.9 Å². The number of amides is 2. The van der Waals surface area contributed by atoms with E-state index in [4.69, 9.17) is 4.55 Å². The molecule has 0 aliphatic heterocycles. The summed E-state index contributed by atoms with van der Waals surface area (Å²) in [5, 5.41) is 5.73. The topological polar surface area (TPSA) is 125 Å². The molecule has 9 heteroatoms. The number of aryl methyl sites for hydroxylation is 1. The molecule has 1 atom stereocenters. The molecular formula is C24H33N3O5S. The zero-order valence-corrected chi connectivity index (χ0v) is 20.1. The zero-order chi connectivity index (χ0) is 24.5. The van der Waals surface area contributed by atoms with E-state index in [0.717, 1.165) is 24.8 Å². The van der Waals surface area contributed by atoms with Crippen LogP contribution in [0.1, 0.15) is 44.7 Å². The minimum Gasteiger partial charge on any atom is -0.354 e. The van der Waals surface area contributed by atoms with Gasteiger partial charge in [-0.1, -0.05) is 63.2 Å². The lowest BCUT2D eigenvalue weighted by Crippen LogP contribution is -2.51. The van der Waals surface area contributed by atoms with Crippen LogP contribution in [0, 0.1) is 5.41 Å². The lowest BCUT2D eigenvalue weighted by atomic mass is 9.94. The fourth-order valence-electron chi connectivity index (χ4n) is 3.11. The van der Waals surface area contributed by atoms with Crippen molar-refractivity contribution in [2.75, 3.05) is 11.3 Å². The van der Waals surface area contributed by atoms with Gasteiger partial charge in [0.05, 0.1) is 5.69 Å². The average molecular weight is 476 g/mol. The molecule has 0 radical (unpaired) electrons. The van der Waals surface area contributed by atoms with Gasteiger partial charge in [0.25, 0.3) is 0 Å². The molecule has 0 spiro atoms. The van der Waals surface area contributed by atoms with Gasteiger partial charge >= 0.3 is 10.3 Å². The summed E-state index contributed by atoms with van der Waals surface area (Å²) in [6.45, 7) is 5.83. The molecule has 2 amide bonds. The number of rotatable bonds is 11. The normalized spacial score (nSPS) is 12.6. The lowest BCUT2D eigenvalue weighted by Gasteiger charge is -2.24. The van der Waals surface area contributed by atoms with Gasteiger partial charge in [0.2, 0.25) is 11.8 Å². The molecule has 0 aliphatic carbocycles. The van der Waals surface area contributed by atoms with Gasteiger partial charge in [0, 0.05) is 18.4 Å². The SMILES string of the molecule is CC(C)(C)C(=O)N[C@@H](Cc1ccc(NS(=O)(=O)O)cc1)C(=O)NCCCCc1ccccc1. The number of anilines is 1. The van der Waals surface area contributed by atoms with Crippen LogP contribution in [0.4, 0.5) is 5.69 Å². The van der Waals surface area contributed by atoms with Crippen molar-refractivity contribution in [1.29, 1.82) is 0 Å². The maximum Gasteiger partial charge on any atom is 0.357 e. The molecule has 180 valence electrons. The van der Waals surface area contributed by atoms with Crippen molar-refractivity contribution in [2.45, 2.75) is 52.5 Å². The van der Waals surface area contributed by atoms with Crippen LogP contribution >= 0.6 is 0 Å². The zero-order valence-electron chi connectivity index (χ0n) is 19.3. The van der Waals surface area contributed by atoms with Crippen LogP contribution in [-0.4, -0.2) is 37.4 Å². The van der Waals surface area contributed by atoms with Crippen LogP contribution in [0.3, 0.4) is 0 Å². The molecule has 33 heavy (non-hydrogen) atoms. The first-order valence-corrected chi connectivity index (χ1v) is 12.3. The molecular weight excluding hydrogens is 442 g/mol. The molecule has 0 heterocycles. The second kappa shape index (κ2) is 11.8. The third-order valence-corrected chi connectivity index (χ3v) is 5.47. The van der Waals surface area contributed by atoms with E-state index in [1.54, 1.807) is 32.9 Å². The quantitative estimate of drug-likeness (QED) is 0.294. The number of hydrogen-bond donors (Lipinski definition) is 4. The molecule has 0 saturated heterocycles. The van der Waals surface area contributed by atoms with Gasteiger partial charge in [0.1, 0.15) is 6.04 Å². The van der Waals surface area contributed by atoms with Crippen molar-refractivity contribution < 1.29 is 22.6 Å². The summed E-state index contributed by atoms with van der Waals surface area (Å²) in [6.07, 6.45) is 2.93. The number of carbonyl (C=O) groups is 2. The lowest BCUT2D eigenvalue weighted by molar-refractivity contribution is -0.133. The molecule has 0 fully saturated rings. The highest BCUT2D eigenvalue weighted by molar-refractivity contribution is 7.87. The van der Waals surface area contributed by atoms with Crippen molar-refractivity contribution in [2.24, 2.45) is 5.41 Å². The minimum atomic E-state index is -4.36. The summed E-state index contributed by atoms with van der Waals surface area (Å²) in [5.74, 6) is -0.510. The molecule has 0 bridgehead atoms. The number of benzene rings is 2. The first kappa shape index (κ1) is 26.3. The fraction of sp³-hybridized carbons (Fsp3) is 0.417. The third-order valence-electron chi connectivity index (χ3n) is 4.98. The second-order valence-corrected chi connectivity index (χ2v) is 10.1. The van der Waals surface area contributed by atoms with Crippen molar-refractivity contribution in [3.8, 4) is 0 Å². The Balaban J connectivity index is 1.96. The standard InChI is InChI=1S/C24H33N3O5S/c1-24(2,3)23(29)26-21(17-19-12-14-20(15-13-19)27-33(30,31)32)22(28)25-16-8-7-11-18-9-5-4-6-10-18/h4-6,9-10,12-15,21,27H,7-8,11,16-17H2,1-3H3,(H,25,28)(H,26,29)(H,30,31,32)/t21-/m0/s1. The van der Waals surface area contributed by atoms with Gasteiger partial charge in [0.15, 0.2) is 0 Å². The van der Waals surface area contributed by atoms with Crippen LogP contribution in [0.25, 0.3) is 0 Å².